The Morgan fingerprint density at radius 2 is 2.14 bits per heavy atom. The van der Waals surface area contributed by atoms with Crippen molar-refractivity contribution < 1.29 is 14.3 Å². The average Bonchev–Trinajstić information content (AvgIpc) is 3.01. The predicted molar refractivity (Wildman–Crippen MR) is 79.9 cm³/mol. The van der Waals surface area contributed by atoms with Crippen molar-refractivity contribution in [2.75, 3.05) is 13.1 Å². The van der Waals surface area contributed by atoms with E-state index in [0.717, 1.165) is 30.4 Å². The van der Waals surface area contributed by atoms with Crippen LogP contribution in [-0.4, -0.2) is 35.1 Å². The van der Waals surface area contributed by atoms with Crippen LogP contribution < -0.4 is 0 Å². The molecule has 0 aromatic carbocycles. The SMILES string of the molecule is CC1CCN(C(=O)CCc2ccc(C3CC3C)o2)CC1O. The quantitative estimate of drug-likeness (QED) is 0.927. The molecule has 1 aliphatic carbocycles. The molecule has 1 saturated heterocycles. The third kappa shape index (κ3) is 3.31. The van der Waals surface area contributed by atoms with E-state index in [-0.39, 0.29) is 12.0 Å². The minimum absolute atomic E-state index is 0.124. The number of hydrogen-bond donors (Lipinski definition) is 1. The van der Waals surface area contributed by atoms with Crippen LogP contribution in [0.4, 0.5) is 0 Å². The maximum absolute atomic E-state index is 12.2. The Bertz CT molecular complexity index is 510. The number of hydrogen-bond acceptors (Lipinski definition) is 3. The molecular weight excluding hydrogens is 266 g/mol. The number of aliphatic hydroxyl groups is 1. The molecular formula is C17H25NO3. The third-order valence-electron chi connectivity index (χ3n) is 5.01. The summed E-state index contributed by atoms with van der Waals surface area (Å²) in [5, 5.41) is 9.87. The third-order valence-corrected chi connectivity index (χ3v) is 5.01. The van der Waals surface area contributed by atoms with Crippen LogP contribution in [0.3, 0.4) is 0 Å². The fraction of sp³-hybridized carbons (Fsp3) is 0.706. The van der Waals surface area contributed by atoms with Crippen LogP contribution in [0, 0.1) is 11.8 Å². The van der Waals surface area contributed by atoms with Gasteiger partial charge in [0, 0.05) is 31.8 Å². The number of aliphatic hydroxyl groups excluding tert-OH is 1. The van der Waals surface area contributed by atoms with E-state index in [0.29, 0.717) is 31.2 Å². The number of β-amino-alcohol motifs (C(OH)–C–C–N with tert-alkyl or cyclic N) is 1. The molecule has 2 fully saturated rings. The molecule has 0 bridgehead atoms. The van der Waals surface area contributed by atoms with E-state index in [4.69, 9.17) is 4.42 Å². The second kappa shape index (κ2) is 5.84. The van der Waals surface area contributed by atoms with Crippen molar-refractivity contribution in [2.45, 2.75) is 51.6 Å². The van der Waals surface area contributed by atoms with Gasteiger partial charge in [0.1, 0.15) is 11.5 Å². The molecule has 4 heteroatoms. The van der Waals surface area contributed by atoms with Gasteiger partial charge in [-0.25, -0.2) is 0 Å². The van der Waals surface area contributed by atoms with Gasteiger partial charge >= 0.3 is 0 Å². The summed E-state index contributed by atoms with van der Waals surface area (Å²) in [6.45, 7) is 5.51. The lowest BCUT2D eigenvalue weighted by Crippen LogP contribution is -2.45. The van der Waals surface area contributed by atoms with Gasteiger partial charge in [-0.1, -0.05) is 13.8 Å². The van der Waals surface area contributed by atoms with Crippen LogP contribution in [0.25, 0.3) is 0 Å². The van der Waals surface area contributed by atoms with Gasteiger partial charge in [-0.05, 0) is 36.8 Å². The van der Waals surface area contributed by atoms with Crippen molar-refractivity contribution in [1.82, 2.24) is 4.90 Å². The van der Waals surface area contributed by atoms with Gasteiger partial charge in [0.25, 0.3) is 0 Å². The molecule has 0 radical (unpaired) electrons. The fourth-order valence-electron chi connectivity index (χ4n) is 3.11. The second-order valence-electron chi connectivity index (χ2n) is 6.80. The zero-order chi connectivity index (χ0) is 15.0. The van der Waals surface area contributed by atoms with Gasteiger partial charge in [0.2, 0.25) is 5.91 Å². The standard InChI is InChI=1S/C17H25NO3/c1-11-7-8-18(10-15(11)19)17(20)6-4-13-3-5-16(21-13)14-9-12(14)2/h3,5,11-12,14-15,19H,4,6-10H2,1-2H3. The van der Waals surface area contributed by atoms with E-state index in [1.807, 2.05) is 13.0 Å². The maximum atomic E-state index is 12.2. The van der Waals surface area contributed by atoms with E-state index in [2.05, 4.69) is 13.0 Å². The Morgan fingerprint density at radius 1 is 1.38 bits per heavy atom. The maximum Gasteiger partial charge on any atom is 0.223 e. The number of furan rings is 1. The van der Waals surface area contributed by atoms with Crippen molar-refractivity contribution in [2.24, 2.45) is 11.8 Å². The van der Waals surface area contributed by atoms with Crippen LogP contribution in [0.5, 0.6) is 0 Å². The lowest BCUT2D eigenvalue weighted by atomic mass is 9.96. The molecule has 1 N–H and O–H groups in total. The second-order valence-corrected chi connectivity index (χ2v) is 6.80. The number of carbonyl (C=O) groups excluding carboxylic acids is 1. The summed E-state index contributed by atoms with van der Waals surface area (Å²) in [7, 11) is 0. The van der Waals surface area contributed by atoms with Crippen LogP contribution in [-0.2, 0) is 11.2 Å². The molecule has 2 aliphatic rings. The molecule has 0 spiro atoms. The highest BCUT2D eigenvalue weighted by Crippen LogP contribution is 2.47. The summed E-state index contributed by atoms with van der Waals surface area (Å²) in [4.78, 5) is 14.0. The van der Waals surface area contributed by atoms with Crippen molar-refractivity contribution in [3.8, 4) is 0 Å². The van der Waals surface area contributed by atoms with Gasteiger partial charge < -0.3 is 14.4 Å². The topological polar surface area (TPSA) is 53.7 Å². The monoisotopic (exact) mass is 291 g/mol. The molecule has 3 rings (SSSR count). The molecule has 4 unspecified atom stereocenters. The van der Waals surface area contributed by atoms with E-state index in [1.54, 1.807) is 4.90 Å². The van der Waals surface area contributed by atoms with Crippen LogP contribution in [0.1, 0.15) is 50.5 Å². The number of carbonyl (C=O) groups is 1. The highest BCUT2D eigenvalue weighted by atomic mass is 16.3. The molecule has 1 saturated carbocycles. The van der Waals surface area contributed by atoms with E-state index >= 15 is 0 Å². The summed E-state index contributed by atoms with van der Waals surface area (Å²) in [5.41, 5.74) is 0. The molecule has 1 aromatic heterocycles. The highest BCUT2D eigenvalue weighted by Gasteiger charge is 2.36. The summed E-state index contributed by atoms with van der Waals surface area (Å²) < 4.78 is 5.83. The molecule has 116 valence electrons. The lowest BCUT2D eigenvalue weighted by Gasteiger charge is -2.34. The lowest BCUT2D eigenvalue weighted by molar-refractivity contribution is -0.135. The van der Waals surface area contributed by atoms with Gasteiger partial charge in [-0.3, -0.25) is 4.79 Å². The summed E-state index contributed by atoms with van der Waals surface area (Å²) in [6, 6.07) is 4.06. The predicted octanol–water partition coefficient (Wildman–Crippen LogP) is 2.56. The highest BCUT2D eigenvalue weighted by molar-refractivity contribution is 5.76. The van der Waals surface area contributed by atoms with Crippen LogP contribution in [0.2, 0.25) is 0 Å². The zero-order valence-electron chi connectivity index (χ0n) is 12.9. The number of likely N-dealkylation sites (tertiary alicyclic amines) is 1. The Labute approximate surface area is 126 Å². The number of piperidine rings is 1. The molecule has 4 atom stereocenters. The van der Waals surface area contributed by atoms with E-state index in [1.165, 1.54) is 6.42 Å². The Hall–Kier alpha value is -1.29. The minimum Gasteiger partial charge on any atom is -0.466 e. The molecule has 21 heavy (non-hydrogen) atoms. The molecule has 1 aromatic rings. The first-order valence-electron chi connectivity index (χ1n) is 8.09. The molecule has 2 heterocycles. The molecule has 1 aliphatic heterocycles. The first-order chi connectivity index (χ1) is 10.0. The van der Waals surface area contributed by atoms with Crippen molar-refractivity contribution in [3.05, 3.63) is 23.7 Å². The van der Waals surface area contributed by atoms with Crippen molar-refractivity contribution in [1.29, 1.82) is 0 Å². The molecule has 4 nitrogen and oxygen atoms in total. The smallest absolute Gasteiger partial charge is 0.223 e. The van der Waals surface area contributed by atoms with E-state index < -0.39 is 0 Å². The fourth-order valence-corrected chi connectivity index (χ4v) is 3.11. The normalized spacial score (nSPS) is 32.2. The first kappa shape index (κ1) is 14.6. The average molecular weight is 291 g/mol. The summed E-state index contributed by atoms with van der Waals surface area (Å²) in [5.74, 6) is 3.73. The van der Waals surface area contributed by atoms with Gasteiger partial charge in [-0.15, -0.1) is 0 Å². The summed E-state index contributed by atoms with van der Waals surface area (Å²) >= 11 is 0. The Balaban J connectivity index is 1.48. The number of amides is 1. The Kier molecular flexibility index (Phi) is 4.07. The number of rotatable bonds is 4. The van der Waals surface area contributed by atoms with Gasteiger partial charge in [0.05, 0.1) is 6.10 Å². The van der Waals surface area contributed by atoms with E-state index in [9.17, 15) is 9.90 Å². The van der Waals surface area contributed by atoms with Crippen molar-refractivity contribution in [3.63, 3.8) is 0 Å². The number of aryl methyl sites for hydroxylation is 1. The van der Waals surface area contributed by atoms with Crippen LogP contribution >= 0.6 is 0 Å². The summed E-state index contributed by atoms with van der Waals surface area (Å²) in [6.07, 6.45) is 2.85. The molecule has 1 amide bonds. The van der Waals surface area contributed by atoms with Gasteiger partial charge in [0.15, 0.2) is 0 Å². The first-order valence-corrected chi connectivity index (χ1v) is 8.09. The van der Waals surface area contributed by atoms with Crippen LogP contribution in [0.15, 0.2) is 16.5 Å². The zero-order valence-corrected chi connectivity index (χ0v) is 12.9. The minimum atomic E-state index is -0.380. The largest absolute Gasteiger partial charge is 0.466 e. The van der Waals surface area contributed by atoms with Crippen molar-refractivity contribution >= 4 is 5.91 Å². The van der Waals surface area contributed by atoms with Gasteiger partial charge in [-0.2, -0.15) is 0 Å². The number of nitrogens with zero attached hydrogens (tertiary/aromatic N) is 1. The Morgan fingerprint density at radius 3 is 2.81 bits per heavy atom.